The standard InChI is InChI=1S/C15H24N2O2/c1-11(2)19-14-9-12(5-6-13(14)16)17-10-15(3)7-4-8-18-15/h5-6,9,11,17H,4,7-8,10,16H2,1-3H3. The molecule has 0 saturated carbocycles. The molecule has 4 nitrogen and oxygen atoms in total. The van der Waals surface area contributed by atoms with Crippen molar-refractivity contribution in [2.24, 2.45) is 0 Å². The lowest BCUT2D eigenvalue weighted by atomic mass is 10.0. The molecule has 106 valence electrons. The number of nitrogens with two attached hydrogens (primary N) is 1. The highest BCUT2D eigenvalue weighted by molar-refractivity contribution is 5.61. The van der Waals surface area contributed by atoms with E-state index in [0.717, 1.165) is 37.4 Å². The fourth-order valence-corrected chi connectivity index (χ4v) is 2.27. The molecule has 0 amide bonds. The number of ether oxygens (including phenoxy) is 2. The fraction of sp³-hybridized carbons (Fsp3) is 0.600. The molecular formula is C15H24N2O2. The van der Waals surface area contributed by atoms with Gasteiger partial charge < -0.3 is 20.5 Å². The van der Waals surface area contributed by atoms with E-state index in [1.54, 1.807) is 0 Å². The molecule has 0 radical (unpaired) electrons. The van der Waals surface area contributed by atoms with Gasteiger partial charge in [-0.15, -0.1) is 0 Å². The van der Waals surface area contributed by atoms with E-state index >= 15 is 0 Å². The predicted octanol–water partition coefficient (Wildman–Crippen LogP) is 3.04. The van der Waals surface area contributed by atoms with Crippen LogP contribution in [-0.2, 0) is 4.74 Å². The van der Waals surface area contributed by atoms with Crippen LogP contribution in [0.1, 0.15) is 33.6 Å². The molecule has 1 aliphatic rings. The maximum atomic E-state index is 5.90. The molecule has 1 unspecified atom stereocenters. The Balaban J connectivity index is 2.00. The maximum Gasteiger partial charge on any atom is 0.144 e. The van der Waals surface area contributed by atoms with Gasteiger partial charge in [-0.2, -0.15) is 0 Å². The minimum atomic E-state index is -0.0551. The van der Waals surface area contributed by atoms with Gasteiger partial charge in [-0.05, 0) is 45.7 Å². The normalized spacial score (nSPS) is 22.7. The Morgan fingerprint density at radius 3 is 2.89 bits per heavy atom. The Morgan fingerprint density at radius 2 is 2.26 bits per heavy atom. The van der Waals surface area contributed by atoms with Gasteiger partial charge in [0.2, 0.25) is 0 Å². The Kier molecular flexibility index (Phi) is 4.20. The molecule has 1 atom stereocenters. The number of hydrogen-bond donors (Lipinski definition) is 2. The lowest BCUT2D eigenvalue weighted by Crippen LogP contribution is -2.32. The van der Waals surface area contributed by atoms with Crippen LogP contribution < -0.4 is 15.8 Å². The van der Waals surface area contributed by atoms with Crippen molar-refractivity contribution < 1.29 is 9.47 Å². The first kappa shape index (κ1) is 14.0. The minimum Gasteiger partial charge on any atom is -0.489 e. The van der Waals surface area contributed by atoms with E-state index in [2.05, 4.69) is 12.2 Å². The summed E-state index contributed by atoms with van der Waals surface area (Å²) in [4.78, 5) is 0. The summed E-state index contributed by atoms with van der Waals surface area (Å²) in [5, 5.41) is 3.41. The second-order valence-electron chi connectivity index (χ2n) is 5.67. The molecule has 1 heterocycles. The van der Waals surface area contributed by atoms with Crippen molar-refractivity contribution in [2.75, 3.05) is 24.2 Å². The summed E-state index contributed by atoms with van der Waals surface area (Å²) >= 11 is 0. The molecule has 19 heavy (non-hydrogen) atoms. The zero-order chi connectivity index (χ0) is 13.9. The number of anilines is 2. The number of benzene rings is 1. The van der Waals surface area contributed by atoms with Crippen LogP contribution in [0.15, 0.2) is 18.2 Å². The summed E-state index contributed by atoms with van der Waals surface area (Å²) in [6.07, 6.45) is 2.36. The molecule has 0 aromatic heterocycles. The summed E-state index contributed by atoms with van der Waals surface area (Å²) in [7, 11) is 0. The van der Waals surface area contributed by atoms with Gasteiger partial charge in [-0.1, -0.05) is 0 Å². The van der Waals surface area contributed by atoms with E-state index < -0.39 is 0 Å². The third-order valence-electron chi connectivity index (χ3n) is 3.34. The molecule has 4 heteroatoms. The van der Waals surface area contributed by atoms with Crippen molar-refractivity contribution in [3.8, 4) is 5.75 Å². The van der Waals surface area contributed by atoms with Gasteiger partial charge in [-0.25, -0.2) is 0 Å². The summed E-state index contributed by atoms with van der Waals surface area (Å²) in [6.45, 7) is 7.80. The van der Waals surface area contributed by atoms with Crippen molar-refractivity contribution in [2.45, 2.75) is 45.3 Å². The van der Waals surface area contributed by atoms with Gasteiger partial charge >= 0.3 is 0 Å². The number of rotatable bonds is 5. The summed E-state index contributed by atoms with van der Waals surface area (Å²) in [6, 6.07) is 5.80. The molecule has 0 spiro atoms. The largest absolute Gasteiger partial charge is 0.489 e. The molecule has 3 N–H and O–H groups in total. The second-order valence-corrected chi connectivity index (χ2v) is 5.67. The third-order valence-corrected chi connectivity index (χ3v) is 3.34. The van der Waals surface area contributed by atoms with E-state index in [1.165, 1.54) is 0 Å². The smallest absolute Gasteiger partial charge is 0.144 e. The maximum absolute atomic E-state index is 5.90. The van der Waals surface area contributed by atoms with Crippen LogP contribution in [0.3, 0.4) is 0 Å². The zero-order valence-electron chi connectivity index (χ0n) is 12.0. The highest BCUT2D eigenvalue weighted by atomic mass is 16.5. The van der Waals surface area contributed by atoms with Crippen LogP contribution in [0, 0.1) is 0 Å². The van der Waals surface area contributed by atoms with Crippen LogP contribution in [0.4, 0.5) is 11.4 Å². The van der Waals surface area contributed by atoms with Crippen LogP contribution in [0.5, 0.6) is 5.75 Å². The molecule has 1 saturated heterocycles. The van der Waals surface area contributed by atoms with Gasteiger partial charge in [0, 0.05) is 24.9 Å². The van der Waals surface area contributed by atoms with Crippen LogP contribution in [0.2, 0.25) is 0 Å². The monoisotopic (exact) mass is 264 g/mol. The Hall–Kier alpha value is -1.42. The van der Waals surface area contributed by atoms with Crippen molar-refractivity contribution in [3.63, 3.8) is 0 Å². The highest BCUT2D eigenvalue weighted by Gasteiger charge is 2.29. The summed E-state index contributed by atoms with van der Waals surface area (Å²) < 4.78 is 11.4. The minimum absolute atomic E-state index is 0.0551. The Morgan fingerprint density at radius 1 is 1.47 bits per heavy atom. The lowest BCUT2D eigenvalue weighted by Gasteiger charge is -2.24. The van der Waals surface area contributed by atoms with E-state index in [-0.39, 0.29) is 11.7 Å². The number of nitrogens with one attached hydrogen (secondary N) is 1. The predicted molar refractivity (Wildman–Crippen MR) is 78.7 cm³/mol. The fourth-order valence-electron chi connectivity index (χ4n) is 2.27. The van der Waals surface area contributed by atoms with Crippen LogP contribution >= 0.6 is 0 Å². The van der Waals surface area contributed by atoms with Gasteiger partial charge in [0.15, 0.2) is 0 Å². The summed E-state index contributed by atoms with van der Waals surface area (Å²) in [5.41, 5.74) is 7.53. The van der Waals surface area contributed by atoms with Crippen molar-refractivity contribution in [1.82, 2.24) is 0 Å². The van der Waals surface area contributed by atoms with Crippen LogP contribution in [0.25, 0.3) is 0 Å². The van der Waals surface area contributed by atoms with E-state index in [9.17, 15) is 0 Å². The van der Waals surface area contributed by atoms with Gasteiger partial charge in [0.05, 0.1) is 17.4 Å². The van der Waals surface area contributed by atoms with E-state index in [0.29, 0.717) is 5.69 Å². The molecule has 1 fully saturated rings. The van der Waals surface area contributed by atoms with Gasteiger partial charge in [0.25, 0.3) is 0 Å². The van der Waals surface area contributed by atoms with E-state index in [4.69, 9.17) is 15.2 Å². The molecule has 0 aliphatic carbocycles. The Bertz CT molecular complexity index is 426. The van der Waals surface area contributed by atoms with Crippen molar-refractivity contribution in [1.29, 1.82) is 0 Å². The average Bonchev–Trinajstić information content (AvgIpc) is 2.77. The highest BCUT2D eigenvalue weighted by Crippen LogP contribution is 2.29. The van der Waals surface area contributed by atoms with Crippen LogP contribution in [-0.4, -0.2) is 24.9 Å². The van der Waals surface area contributed by atoms with Gasteiger partial charge in [0.1, 0.15) is 5.75 Å². The summed E-state index contributed by atoms with van der Waals surface area (Å²) in [5.74, 6) is 0.734. The lowest BCUT2D eigenvalue weighted by molar-refractivity contribution is 0.0315. The van der Waals surface area contributed by atoms with Gasteiger partial charge in [-0.3, -0.25) is 0 Å². The molecule has 1 aromatic carbocycles. The average molecular weight is 264 g/mol. The van der Waals surface area contributed by atoms with Crippen molar-refractivity contribution >= 4 is 11.4 Å². The topological polar surface area (TPSA) is 56.5 Å². The second kappa shape index (κ2) is 5.70. The Labute approximate surface area is 115 Å². The molecule has 1 aliphatic heterocycles. The zero-order valence-corrected chi connectivity index (χ0v) is 12.0. The first-order chi connectivity index (χ1) is 8.98. The van der Waals surface area contributed by atoms with Crippen molar-refractivity contribution in [3.05, 3.63) is 18.2 Å². The molecule has 1 aromatic rings. The quantitative estimate of drug-likeness (QED) is 0.803. The number of hydrogen-bond acceptors (Lipinski definition) is 4. The number of nitrogen functional groups attached to an aromatic ring is 1. The van der Waals surface area contributed by atoms with E-state index in [1.807, 2.05) is 32.0 Å². The SMILES string of the molecule is CC(C)Oc1cc(NCC2(C)CCCO2)ccc1N. The first-order valence-electron chi connectivity index (χ1n) is 6.92. The first-order valence-corrected chi connectivity index (χ1v) is 6.92. The third kappa shape index (κ3) is 3.77. The molecule has 0 bridgehead atoms. The molecular weight excluding hydrogens is 240 g/mol. The molecule has 2 rings (SSSR count).